The van der Waals surface area contributed by atoms with Crippen molar-refractivity contribution < 1.29 is 5.11 Å². The predicted octanol–water partition coefficient (Wildman–Crippen LogP) is 4.97. The Balaban J connectivity index is 2.01. The number of unbranched alkanes of at least 4 members (excludes halogenated alkanes) is 6. The van der Waals surface area contributed by atoms with E-state index in [4.69, 9.17) is 0 Å². The molecule has 0 saturated heterocycles. The van der Waals surface area contributed by atoms with Gasteiger partial charge in [-0.05, 0) is 18.4 Å². The smallest absolute Gasteiger partial charge is 0.0654 e. The van der Waals surface area contributed by atoms with E-state index >= 15 is 0 Å². The summed E-state index contributed by atoms with van der Waals surface area (Å²) in [5, 5.41) is 10.4. The van der Waals surface area contributed by atoms with E-state index in [1.54, 1.807) is 0 Å². The Hall–Kier alpha value is 0.177. The molecular formula is C15H32OSi. The molecule has 0 aliphatic heterocycles. The second-order valence-corrected chi connectivity index (χ2v) is 12.5. The van der Waals surface area contributed by atoms with Gasteiger partial charge in [0.2, 0.25) is 0 Å². The lowest BCUT2D eigenvalue weighted by atomic mass is 10.1. The summed E-state index contributed by atoms with van der Waals surface area (Å²) in [5.74, 6) is 0. The summed E-state index contributed by atoms with van der Waals surface area (Å²) in [6.45, 7) is 9.43. The lowest BCUT2D eigenvalue weighted by Crippen LogP contribution is -2.26. The average Bonchev–Trinajstić information content (AvgIpc) is 2.90. The quantitative estimate of drug-likeness (QED) is 0.456. The average molecular weight is 257 g/mol. The van der Waals surface area contributed by atoms with Crippen molar-refractivity contribution in [2.45, 2.75) is 95.5 Å². The fourth-order valence-corrected chi connectivity index (χ4v) is 5.79. The van der Waals surface area contributed by atoms with Gasteiger partial charge in [0.25, 0.3) is 0 Å². The van der Waals surface area contributed by atoms with Gasteiger partial charge in [0.05, 0.1) is 13.7 Å². The van der Waals surface area contributed by atoms with Crippen LogP contribution in [-0.4, -0.2) is 18.8 Å². The van der Waals surface area contributed by atoms with Crippen LogP contribution in [-0.2, 0) is 0 Å². The molecule has 102 valence electrons. The molecular weight excluding hydrogens is 224 g/mol. The van der Waals surface area contributed by atoms with Gasteiger partial charge in [-0.1, -0.05) is 71.5 Å². The zero-order valence-electron chi connectivity index (χ0n) is 12.4. The molecule has 0 amide bonds. The summed E-state index contributed by atoms with van der Waals surface area (Å²) in [4.78, 5) is 0. The van der Waals surface area contributed by atoms with Gasteiger partial charge in [0.15, 0.2) is 0 Å². The van der Waals surface area contributed by atoms with Crippen LogP contribution in [0.2, 0.25) is 25.2 Å². The summed E-state index contributed by atoms with van der Waals surface area (Å²) >= 11 is 0. The first-order valence-electron chi connectivity index (χ1n) is 7.62. The molecule has 0 aromatic carbocycles. The first-order chi connectivity index (χ1) is 7.90. The second kappa shape index (κ2) is 6.37. The Labute approximate surface area is 109 Å². The Morgan fingerprint density at radius 1 is 1.00 bits per heavy atom. The molecule has 0 aromatic heterocycles. The van der Waals surface area contributed by atoms with Crippen molar-refractivity contribution in [1.82, 2.24) is 0 Å². The fourth-order valence-electron chi connectivity index (χ4n) is 3.07. The van der Waals surface area contributed by atoms with E-state index in [1.165, 1.54) is 44.9 Å². The molecule has 1 rings (SSSR count). The maximum Gasteiger partial charge on any atom is 0.0654 e. The van der Waals surface area contributed by atoms with Crippen molar-refractivity contribution >= 4 is 8.07 Å². The van der Waals surface area contributed by atoms with Gasteiger partial charge in [-0.2, -0.15) is 0 Å². The van der Waals surface area contributed by atoms with Crippen LogP contribution in [0.1, 0.15) is 64.7 Å². The van der Waals surface area contributed by atoms with Crippen LogP contribution >= 0.6 is 0 Å². The SMILES string of the molecule is CCCCCCCCC[C@]1(O)C[C@@H]1[Si](C)(C)C. The third-order valence-corrected chi connectivity index (χ3v) is 7.14. The molecule has 0 bridgehead atoms. The molecule has 1 aliphatic rings. The van der Waals surface area contributed by atoms with Gasteiger partial charge in [-0.3, -0.25) is 0 Å². The van der Waals surface area contributed by atoms with Crippen LogP contribution in [0.5, 0.6) is 0 Å². The zero-order valence-corrected chi connectivity index (χ0v) is 13.4. The number of hydrogen-bond acceptors (Lipinski definition) is 1. The summed E-state index contributed by atoms with van der Waals surface area (Å²) in [6, 6.07) is 0. The van der Waals surface area contributed by atoms with Crippen molar-refractivity contribution in [2.75, 3.05) is 0 Å². The maximum atomic E-state index is 10.4. The normalized spacial score (nSPS) is 28.4. The van der Waals surface area contributed by atoms with E-state index < -0.39 is 8.07 Å². The van der Waals surface area contributed by atoms with Crippen LogP contribution < -0.4 is 0 Å². The highest BCUT2D eigenvalue weighted by Gasteiger charge is 2.57. The second-order valence-electron chi connectivity index (χ2n) is 7.10. The largest absolute Gasteiger partial charge is 0.390 e. The Morgan fingerprint density at radius 3 is 2.00 bits per heavy atom. The van der Waals surface area contributed by atoms with Gasteiger partial charge in [0.1, 0.15) is 0 Å². The predicted molar refractivity (Wildman–Crippen MR) is 79.3 cm³/mol. The van der Waals surface area contributed by atoms with E-state index in [-0.39, 0.29) is 5.60 Å². The molecule has 17 heavy (non-hydrogen) atoms. The van der Waals surface area contributed by atoms with Crippen LogP contribution in [0.25, 0.3) is 0 Å². The van der Waals surface area contributed by atoms with Gasteiger partial charge in [-0.25, -0.2) is 0 Å². The highest BCUT2D eigenvalue weighted by atomic mass is 28.3. The summed E-state index contributed by atoms with van der Waals surface area (Å²) in [6.07, 6.45) is 11.6. The van der Waals surface area contributed by atoms with E-state index in [0.717, 1.165) is 12.8 Å². The molecule has 1 fully saturated rings. The monoisotopic (exact) mass is 256 g/mol. The molecule has 1 saturated carbocycles. The highest BCUT2D eigenvalue weighted by molar-refractivity contribution is 6.78. The third-order valence-electron chi connectivity index (χ3n) is 4.30. The van der Waals surface area contributed by atoms with Gasteiger partial charge < -0.3 is 5.11 Å². The van der Waals surface area contributed by atoms with Crippen LogP contribution in [0.3, 0.4) is 0 Å². The van der Waals surface area contributed by atoms with E-state index in [2.05, 4.69) is 26.6 Å². The lowest BCUT2D eigenvalue weighted by Gasteiger charge is -2.19. The van der Waals surface area contributed by atoms with E-state index in [0.29, 0.717) is 5.54 Å². The van der Waals surface area contributed by atoms with Crippen LogP contribution in [0, 0.1) is 0 Å². The van der Waals surface area contributed by atoms with Crippen molar-refractivity contribution in [3.8, 4) is 0 Å². The van der Waals surface area contributed by atoms with Gasteiger partial charge in [-0.15, -0.1) is 0 Å². The molecule has 1 N–H and O–H groups in total. The first kappa shape index (κ1) is 15.2. The summed E-state index contributed by atoms with van der Waals surface area (Å²) in [5.41, 5.74) is 0.434. The highest BCUT2D eigenvalue weighted by Crippen LogP contribution is 2.57. The van der Waals surface area contributed by atoms with Gasteiger partial charge >= 0.3 is 0 Å². The molecule has 1 aliphatic carbocycles. The maximum absolute atomic E-state index is 10.4. The topological polar surface area (TPSA) is 20.2 Å². The molecule has 1 nitrogen and oxygen atoms in total. The third kappa shape index (κ3) is 5.13. The molecule has 0 unspecified atom stereocenters. The zero-order chi connectivity index (χ0) is 12.9. The van der Waals surface area contributed by atoms with Crippen LogP contribution in [0.4, 0.5) is 0 Å². The van der Waals surface area contributed by atoms with E-state index in [9.17, 15) is 5.11 Å². The first-order valence-corrected chi connectivity index (χ1v) is 11.2. The molecule has 2 heteroatoms. The van der Waals surface area contributed by atoms with Crippen LogP contribution in [0.15, 0.2) is 0 Å². The Morgan fingerprint density at radius 2 is 1.53 bits per heavy atom. The minimum Gasteiger partial charge on any atom is -0.390 e. The minimum atomic E-state index is -1.09. The molecule has 0 aromatic rings. The Kier molecular flexibility index (Phi) is 5.71. The summed E-state index contributed by atoms with van der Waals surface area (Å²) < 4.78 is 0. The lowest BCUT2D eigenvalue weighted by molar-refractivity contribution is 0.135. The van der Waals surface area contributed by atoms with Crippen molar-refractivity contribution in [2.24, 2.45) is 0 Å². The minimum absolute atomic E-state index is 0.242. The van der Waals surface area contributed by atoms with Crippen molar-refractivity contribution in [3.05, 3.63) is 0 Å². The fraction of sp³-hybridized carbons (Fsp3) is 1.00. The molecule has 0 spiro atoms. The number of aliphatic hydroxyl groups is 1. The van der Waals surface area contributed by atoms with Crippen molar-refractivity contribution in [3.63, 3.8) is 0 Å². The molecule has 0 heterocycles. The van der Waals surface area contributed by atoms with Gasteiger partial charge in [0, 0.05) is 0 Å². The number of hydrogen-bond donors (Lipinski definition) is 1. The summed E-state index contributed by atoms with van der Waals surface area (Å²) in [7, 11) is -1.09. The molecule has 0 radical (unpaired) electrons. The van der Waals surface area contributed by atoms with E-state index in [1.807, 2.05) is 0 Å². The van der Waals surface area contributed by atoms with Crippen molar-refractivity contribution in [1.29, 1.82) is 0 Å². The molecule has 2 atom stereocenters. The standard InChI is InChI=1S/C15H32OSi/c1-5-6-7-8-9-10-11-12-15(16)13-14(15)17(2,3)4/h14,16H,5-13H2,1-4H3/t14-,15-/m0/s1. The Bertz CT molecular complexity index is 221. The number of rotatable bonds is 9.